The fraction of sp³-hybridized carbons (Fsp3) is 0.357. The zero-order chi connectivity index (χ0) is 14.5. The minimum absolute atomic E-state index is 0.00661. The van der Waals surface area contributed by atoms with Gasteiger partial charge in [0.1, 0.15) is 6.33 Å². The van der Waals surface area contributed by atoms with E-state index in [2.05, 4.69) is 41.5 Å². The standard InChI is InChI=1S/C14H18N4OS/c1-4-15-13(19)8-20-14-17-16-9-18(14)12-6-5-10(2)11(3)7-12/h5-7,9H,4,8H2,1-3H3,(H,15,19). The van der Waals surface area contributed by atoms with Gasteiger partial charge in [0, 0.05) is 12.2 Å². The summed E-state index contributed by atoms with van der Waals surface area (Å²) >= 11 is 1.38. The first-order chi connectivity index (χ1) is 9.61. The fourth-order valence-electron chi connectivity index (χ4n) is 1.75. The Morgan fingerprint density at radius 3 is 2.85 bits per heavy atom. The molecule has 0 atom stereocenters. The van der Waals surface area contributed by atoms with E-state index in [0.29, 0.717) is 12.3 Å². The highest BCUT2D eigenvalue weighted by molar-refractivity contribution is 7.99. The zero-order valence-electron chi connectivity index (χ0n) is 11.9. The molecule has 1 aromatic heterocycles. The third kappa shape index (κ3) is 3.39. The Labute approximate surface area is 122 Å². The number of aromatic nitrogens is 3. The molecular weight excluding hydrogens is 272 g/mol. The van der Waals surface area contributed by atoms with Gasteiger partial charge in [-0.1, -0.05) is 17.8 Å². The van der Waals surface area contributed by atoms with Crippen molar-refractivity contribution >= 4 is 17.7 Å². The van der Waals surface area contributed by atoms with E-state index in [1.165, 1.54) is 22.9 Å². The molecule has 0 aliphatic heterocycles. The first-order valence-corrected chi connectivity index (χ1v) is 7.47. The predicted molar refractivity (Wildman–Crippen MR) is 80.2 cm³/mol. The topological polar surface area (TPSA) is 59.8 Å². The molecule has 0 unspecified atom stereocenters. The van der Waals surface area contributed by atoms with Crippen LogP contribution >= 0.6 is 11.8 Å². The van der Waals surface area contributed by atoms with Crippen molar-refractivity contribution in [1.29, 1.82) is 0 Å². The van der Waals surface area contributed by atoms with Crippen molar-refractivity contribution in [3.8, 4) is 5.69 Å². The van der Waals surface area contributed by atoms with Gasteiger partial charge in [-0.2, -0.15) is 0 Å². The van der Waals surface area contributed by atoms with Crippen molar-refractivity contribution < 1.29 is 4.79 Å². The number of carbonyl (C=O) groups excluding carboxylic acids is 1. The van der Waals surface area contributed by atoms with Crippen LogP contribution in [0.5, 0.6) is 0 Å². The highest BCUT2D eigenvalue weighted by Gasteiger charge is 2.10. The number of hydrogen-bond acceptors (Lipinski definition) is 4. The van der Waals surface area contributed by atoms with Gasteiger partial charge in [-0.3, -0.25) is 9.36 Å². The molecule has 0 radical (unpaired) electrons. The molecule has 0 aliphatic rings. The van der Waals surface area contributed by atoms with Gasteiger partial charge in [0.15, 0.2) is 5.16 Å². The van der Waals surface area contributed by atoms with E-state index in [0.717, 1.165) is 10.8 Å². The molecule has 0 aliphatic carbocycles. The molecule has 1 heterocycles. The molecular formula is C14H18N4OS. The fourth-order valence-corrected chi connectivity index (χ4v) is 2.51. The van der Waals surface area contributed by atoms with Crippen LogP contribution in [-0.4, -0.2) is 33.0 Å². The number of aryl methyl sites for hydroxylation is 2. The summed E-state index contributed by atoms with van der Waals surface area (Å²) in [5.74, 6) is 0.351. The molecule has 0 spiro atoms. The molecule has 20 heavy (non-hydrogen) atoms. The summed E-state index contributed by atoms with van der Waals surface area (Å²) in [6.07, 6.45) is 1.67. The van der Waals surface area contributed by atoms with E-state index >= 15 is 0 Å². The Morgan fingerprint density at radius 2 is 2.15 bits per heavy atom. The largest absolute Gasteiger partial charge is 0.356 e. The predicted octanol–water partition coefficient (Wildman–Crippen LogP) is 2.11. The lowest BCUT2D eigenvalue weighted by Crippen LogP contribution is -2.24. The summed E-state index contributed by atoms with van der Waals surface area (Å²) in [5, 5.41) is 11.5. The van der Waals surface area contributed by atoms with Crippen molar-refractivity contribution in [1.82, 2.24) is 20.1 Å². The lowest BCUT2D eigenvalue weighted by atomic mass is 10.1. The van der Waals surface area contributed by atoms with E-state index in [4.69, 9.17) is 0 Å². The number of amides is 1. The zero-order valence-corrected chi connectivity index (χ0v) is 12.7. The molecule has 1 amide bonds. The molecule has 6 heteroatoms. The van der Waals surface area contributed by atoms with Gasteiger partial charge in [0.2, 0.25) is 5.91 Å². The monoisotopic (exact) mass is 290 g/mol. The highest BCUT2D eigenvalue weighted by atomic mass is 32.2. The third-order valence-corrected chi connectivity index (χ3v) is 3.93. The summed E-state index contributed by atoms with van der Waals surface area (Å²) in [6, 6.07) is 6.19. The quantitative estimate of drug-likeness (QED) is 0.857. The Balaban J connectivity index is 2.15. The summed E-state index contributed by atoms with van der Waals surface area (Å²) < 4.78 is 1.90. The summed E-state index contributed by atoms with van der Waals surface area (Å²) in [6.45, 7) is 6.70. The van der Waals surface area contributed by atoms with Crippen LogP contribution in [0.1, 0.15) is 18.1 Å². The maximum Gasteiger partial charge on any atom is 0.230 e. The normalized spacial score (nSPS) is 10.6. The summed E-state index contributed by atoms with van der Waals surface area (Å²) in [4.78, 5) is 11.5. The second-order valence-corrected chi connectivity index (χ2v) is 5.44. The van der Waals surface area contributed by atoms with Crippen LogP contribution in [0.25, 0.3) is 5.69 Å². The Bertz CT molecular complexity index is 609. The lowest BCUT2D eigenvalue weighted by Gasteiger charge is -2.08. The van der Waals surface area contributed by atoms with Crippen LogP contribution in [0.15, 0.2) is 29.7 Å². The lowest BCUT2D eigenvalue weighted by molar-refractivity contribution is -0.118. The van der Waals surface area contributed by atoms with E-state index in [1.54, 1.807) is 6.33 Å². The van der Waals surface area contributed by atoms with Crippen molar-refractivity contribution in [2.45, 2.75) is 25.9 Å². The van der Waals surface area contributed by atoms with Gasteiger partial charge in [-0.25, -0.2) is 0 Å². The number of rotatable bonds is 5. The van der Waals surface area contributed by atoms with E-state index < -0.39 is 0 Å². The van der Waals surface area contributed by atoms with E-state index in [1.807, 2.05) is 17.6 Å². The van der Waals surface area contributed by atoms with Gasteiger partial charge in [-0.15, -0.1) is 10.2 Å². The van der Waals surface area contributed by atoms with Crippen molar-refractivity contribution in [2.24, 2.45) is 0 Å². The number of benzene rings is 1. The average molecular weight is 290 g/mol. The Kier molecular flexibility index (Phi) is 4.79. The highest BCUT2D eigenvalue weighted by Crippen LogP contribution is 2.21. The molecule has 2 aromatic rings. The van der Waals surface area contributed by atoms with E-state index in [-0.39, 0.29) is 5.91 Å². The van der Waals surface area contributed by atoms with Gasteiger partial charge in [0.05, 0.1) is 5.75 Å². The Hall–Kier alpha value is -1.82. The molecule has 106 valence electrons. The molecule has 0 fully saturated rings. The first kappa shape index (κ1) is 14.6. The molecule has 0 bridgehead atoms. The van der Waals surface area contributed by atoms with Gasteiger partial charge in [-0.05, 0) is 44.0 Å². The van der Waals surface area contributed by atoms with Crippen LogP contribution < -0.4 is 5.32 Å². The second-order valence-electron chi connectivity index (χ2n) is 4.49. The number of hydrogen-bond donors (Lipinski definition) is 1. The van der Waals surface area contributed by atoms with Gasteiger partial charge < -0.3 is 5.32 Å². The van der Waals surface area contributed by atoms with Crippen LogP contribution in [0.4, 0.5) is 0 Å². The van der Waals surface area contributed by atoms with Crippen molar-refractivity contribution in [2.75, 3.05) is 12.3 Å². The van der Waals surface area contributed by atoms with Gasteiger partial charge >= 0.3 is 0 Å². The number of thioether (sulfide) groups is 1. The minimum Gasteiger partial charge on any atom is -0.356 e. The molecule has 1 N–H and O–H groups in total. The molecule has 0 saturated heterocycles. The molecule has 2 rings (SSSR count). The number of nitrogens with one attached hydrogen (secondary N) is 1. The molecule has 1 aromatic carbocycles. The third-order valence-electron chi connectivity index (χ3n) is 2.99. The van der Waals surface area contributed by atoms with Crippen molar-refractivity contribution in [3.63, 3.8) is 0 Å². The maximum atomic E-state index is 11.5. The first-order valence-electron chi connectivity index (χ1n) is 6.49. The summed E-state index contributed by atoms with van der Waals surface area (Å²) in [7, 11) is 0. The smallest absolute Gasteiger partial charge is 0.230 e. The maximum absolute atomic E-state index is 11.5. The van der Waals surface area contributed by atoms with E-state index in [9.17, 15) is 4.79 Å². The van der Waals surface area contributed by atoms with Crippen LogP contribution in [0.3, 0.4) is 0 Å². The molecule has 5 nitrogen and oxygen atoms in total. The average Bonchev–Trinajstić information content (AvgIpc) is 2.88. The molecule has 0 saturated carbocycles. The number of nitrogens with zero attached hydrogens (tertiary/aromatic N) is 3. The van der Waals surface area contributed by atoms with Crippen LogP contribution in [-0.2, 0) is 4.79 Å². The SMILES string of the molecule is CCNC(=O)CSc1nncn1-c1ccc(C)c(C)c1. The van der Waals surface area contributed by atoms with Crippen molar-refractivity contribution in [3.05, 3.63) is 35.7 Å². The second kappa shape index (κ2) is 6.56. The van der Waals surface area contributed by atoms with Gasteiger partial charge in [0.25, 0.3) is 0 Å². The van der Waals surface area contributed by atoms with Crippen LogP contribution in [0, 0.1) is 13.8 Å². The minimum atomic E-state index is 0.00661. The number of carbonyl (C=O) groups is 1. The Morgan fingerprint density at radius 1 is 1.35 bits per heavy atom. The summed E-state index contributed by atoms with van der Waals surface area (Å²) in [5.41, 5.74) is 3.48. The van der Waals surface area contributed by atoms with Crippen LogP contribution in [0.2, 0.25) is 0 Å².